The number of carbonyl (C=O) groups is 2. The maximum Gasteiger partial charge on any atom is 0.416 e. The van der Waals surface area contributed by atoms with Crippen LogP contribution in [0.4, 0.5) is 22.0 Å². The van der Waals surface area contributed by atoms with E-state index in [4.69, 9.17) is 4.74 Å². The maximum atomic E-state index is 12.9. The van der Waals surface area contributed by atoms with Crippen molar-refractivity contribution >= 4 is 11.9 Å². The Kier molecular flexibility index (Phi) is 6.91. The minimum atomic E-state index is -4.59. The van der Waals surface area contributed by atoms with E-state index in [2.05, 4.69) is 10.1 Å². The number of rotatable bonds is 7. The minimum Gasteiger partial charge on any atom is -0.459 e. The summed E-state index contributed by atoms with van der Waals surface area (Å²) in [6.45, 7) is -4.30. The van der Waals surface area contributed by atoms with Gasteiger partial charge in [0.05, 0.1) is 5.56 Å². The third kappa shape index (κ3) is 6.22. The van der Waals surface area contributed by atoms with E-state index in [9.17, 15) is 31.5 Å². The van der Waals surface area contributed by atoms with Crippen molar-refractivity contribution in [2.24, 2.45) is 0 Å². The molecule has 0 atom stereocenters. The van der Waals surface area contributed by atoms with Crippen LogP contribution in [0, 0.1) is 0 Å². The molecule has 2 aromatic rings. The van der Waals surface area contributed by atoms with E-state index >= 15 is 0 Å². The van der Waals surface area contributed by atoms with E-state index in [-0.39, 0.29) is 16.9 Å². The Balaban J connectivity index is 1.89. The first-order valence-electron chi connectivity index (χ1n) is 7.80. The first kappa shape index (κ1) is 21.1. The number of halogens is 5. The number of nitrogens with one attached hydrogen (secondary N) is 1. The zero-order valence-corrected chi connectivity index (χ0v) is 14.1. The topological polar surface area (TPSA) is 64.6 Å². The van der Waals surface area contributed by atoms with E-state index in [0.717, 1.165) is 12.1 Å². The molecule has 0 aromatic heterocycles. The quantitative estimate of drug-likeness (QED) is 0.565. The molecule has 0 heterocycles. The van der Waals surface area contributed by atoms with Gasteiger partial charge in [-0.25, -0.2) is 0 Å². The van der Waals surface area contributed by atoms with Crippen molar-refractivity contribution in [3.8, 4) is 5.75 Å². The lowest BCUT2D eigenvalue weighted by Crippen LogP contribution is -2.30. The van der Waals surface area contributed by atoms with Gasteiger partial charge in [-0.15, -0.1) is 0 Å². The number of amides is 1. The molecule has 0 aliphatic carbocycles. The van der Waals surface area contributed by atoms with E-state index in [0.29, 0.717) is 0 Å². The van der Waals surface area contributed by atoms with Crippen molar-refractivity contribution in [2.45, 2.75) is 19.4 Å². The summed E-state index contributed by atoms with van der Waals surface area (Å²) in [5.41, 5.74) is -1.21. The summed E-state index contributed by atoms with van der Waals surface area (Å²) in [7, 11) is 0. The highest BCUT2D eigenvalue weighted by Gasteiger charge is 2.33. The molecule has 0 aliphatic rings. The minimum absolute atomic E-state index is 0.0478. The van der Waals surface area contributed by atoms with Gasteiger partial charge >= 0.3 is 18.8 Å². The number of carbonyl (C=O) groups excluding carboxylic acids is 2. The normalized spacial score (nSPS) is 11.2. The fraction of sp³-hybridized carbons (Fsp3) is 0.222. The largest absolute Gasteiger partial charge is 0.459 e. The van der Waals surface area contributed by atoms with Crippen molar-refractivity contribution in [3.05, 3.63) is 65.2 Å². The molecule has 150 valence electrons. The van der Waals surface area contributed by atoms with Crippen molar-refractivity contribution < 1.29 is 41.0 Å². The first-order valence-corrected chi connectivity index (χ1v) is 7.80. The summed E-state index contributed by atoms with van der Waals surface area (Å²) in [6.07, 6.45) is -4.59. The number of esters is 1. The lowest BCUT2D eigenvalue weighted by atomic mass is 10.1. The second kappa shape index (κ2) is 9.16. The second-order valence-electron chi connectivity index (χ2n) is 5.40. The Morgan fingerprint density at radius 3 is 2.43 bits per heavy atom. The average Bonchev–Trinajstić information content (AvgIpc) is 2.63. The van der Waals surface area contributed by atoms with Crippen LogP contribution in [0.3, 0.4) is 0 Å². The number of hydrogen-bond donors (Lipinski definition) is 1. The van der Waals surface area contributed by atoms with Crippen molar-refractivity contribution in [2.75, 3.05) is 6.54 Å². The molecule has 0 unspecified atom stereocenters. The highest BCUT2D eigenvalue weighted by Crippen LogP contribution is 2.32. The molecule has 0 spiro atoms. The Hall–Kier alpha value is -3.17. The Morgan fingerprint density at radius 1 is 1.04 bits per heavy atom. The summed E-state index contributed by atoms with van der Waals surface area (Å²) < 4.78 is 71.9. The SMILES string of the molecule is O=C(CNC(=O)c1cccc(OC(F)F)c1)OCc1ccccc1C(F)(F)F. The summed E-state index contributed by atoms with van der Waals surface area (Å²) >= 11 is 0. The number of hydrogen-bond acceptors (Lipinski definition) is 4. The highest BCUT2D eigenvalue weighted by atomic mass is 19.4. The monoisotopic (exact) mass is 403 g/mol. The number of ether oxygens (including phenoxy) is 2. The third-order valence-electron chi connectivity index (χ3n) is 3.43. The summed E-state index contributed by atoms with van der Waals surface area (Å²) in [6, 6.07) is 9.48. The van der Waals surface area contributed by atoms with Crippen LogP contribution in [0.2, 0.25) is 0 Å². The van der Waals surface area contributed by atoms with E-state index in [1.54, 1.807) is 0 Å². The van der Waals surface area contributed by atoms with Crippen LogP contribution in [0.1, 0.15) is 21.5 Å². The van der Waals surface area contributed by atoms with Crippen molar-refractivity contribution in [1.82, 2.24) is 5.32 Å². The molecule has 10 heteroatoms. The van der Waals surface area contributed by atoms with Gasteiger partial charge in [-0.2, -0.15) is 22.0 Å². The lowest BCUT2D eigenvalue weighted by Gasteiger charge is -2.13. The molecule has 28 heavy (non-hydrogen) atoms. The van der Waals surface area contributed by atoms with Gasteiger partial charge in [0.2, 0.25) is 0 Å². The highest BCUT2D eigenvalue weighted by molar-refractivity contribution is 5.96. The van der Waals surface area contributed by atoms with Crippen LogP contribution in [0.15, 0.2) is 48.5 Å². The maximum absolute atomic E-state index is 12.9. The number of benzene rings is 2. The molecule has 1 amide bonds. The predicted octanol–water partition coefficient (Wildman–Crippen LogP) is 3.78. The van der Waals surface area contributed by atoms with Crippen LogP contribution in [0.5, 0.6) is 5.75 Å². The third-order valence-corrected chi connectivity index (χ3v) is 3.43. The molecular formula is C18H14F5NO4. The van der Waals surface area contributed by atoms with Gasteiger partial charge in [0.25, 0.3) is 5.91 Å². The van der Waals surface area contributed by atoms with Gasteiger partial charge < -0.3 is 14.8 Å². The van der Waals surface area contributed by atoms with Crippen LogP contribution < -0.4 is 10.1 Å². The molecule has 1 N–H and O–H groups in total. The predicted molar refractivity (Wildman–Crippen MR) is 86.6 cm³/mol. The molecular weight excluding hydrogens is 389 g/mol. The van der Waals surface area contributed by atoms with Crippen molar-refractivity contribution in [3.63, 3.8) is 0 Å². The average molecular weight is 403 g/mol. The van der Waals surface area contributed by atoms with Crippen molar-refractivity contribution in [1.29, 1.82) is 0 Å². The zero-order chi connectivity index (χ0) is 20.7. The standard InChI is InChI=1S/C18H14F5NO4/c19-17(20)28-13-6-3-5-11(8-13)16(26)24-9-15(25)27-10-12-4-1-2-7-14(12)18(21,22)23/h1-8,17H,9-10H2,(H,24,26). The Labute approximate surface area is 156 Å². The molecule has 0 bridgehead atoms. The van der Waals surface area contributed by atoms with Crippen LogP contribution in [-0.4, -0.2) is 25.0 Å². The molecule has 0 fully saturated rings. The molecule has 0 saturated carbocycles. The van der Waals surface area contributed by atoms with Gasteiger partial charge in [-0.1, -0.05) is 24.3 Å². The fourth-order valence-electron chi connectivity index (χ4n) is 2.20. The second-order valence-corrected chi connectivity index (χ2v) is 5.40. The van der Waals surface area contributed by atoms with Crippen LogP contribution in [-0.2, 0) is 22.3 Å². The first-order chi connectivity index (χ1) is 13.2. The number of alkyl halides is 5. The van der Waals surface area contributed by atoms with E-state index in [1.165, 1.54) is 36.4 Å². The van der Waals surface area contributed by atoms with Crippen LogP contribution in [0.25, 0.3) is 0 Å². The molecule has 0 saturated heterocycles. The van der Waals surface area contributed by atoms with E-state index in [1.807, 2.05) is 0 Å². The summed E-state index contributed by atoms with van der Waals surface area (Å²) in [5.74, 6) is -1.98. The Bertz CT molecular complexity index is 839. The molecule has 0 aliphatic heterocycles. The van der Waals surface area contributed by atoms with Gasteiger partial charge in [-0.05, 0) is 24.3 Å². The lowest BCUT2D eigenvalue weighted by molar-refractivity contribution is -0.146. The van der Waals surface area contributed by atoms with Gasteiger partial charge in [-0.3, -0.25) is 9.59 Å². The Morgan fingerprint density at radius 2 is 1.75 bits per heavy atom. The fourth-order valence-corrected chi connectivity index (χ4v) is 2.20. The van der Waals surface area contributed by atoms with Gasteiger partial charge in [0, 0.05) is 11.1 Å². The molecule has 2 aromatic carbocycles. The van der Waals surface area contributed by atoms with Gasteiger partial charge in [0.1, 0.15) is 18.9 Å². The van der Waals surface area contributed by atoms with E-state index < -0.39 is 43.4 Å². The smallest absolute Gasteiger partial charge is 0.416 e. The molecule has 0 radical (unpaired) electrons. The molecule has 5 nitrogen and oxygen atoms in total. The van der Waals surface area contributed by atoms with Crippen LogP contribution >= 0.6 is 0 Å². The molecule has 2 rings (SSSR count). The summed E-state index contributed by atoms with van der Waals surface area (Å²) in [5, 5.41) is 2.18. The summed E-state index contributed by atoms with van der Waals surface area (Å²) in [4.78, 5) is 23.6. The van der Waals surface area contributed by atoms with Gasteiger partial charge in [0.15, 0.2) is 0 Å². The zero-order valence-electron chi connectivity index (χ0n) is 14.1.